The molecule has 2 aromatic rings. The molecule has 1 heterocycles. The lowest BCUT2D eigenvalue weighted by molar-refractivity contribution is 0.115. The monoisotopic (exact) mass is 308 g/mol. The third kappa shape index (κ3) is 4.66. The van der Waals surface area contributed by atoms with Crippen molar-refractivity contribution in [3.05, 3.63) is 71.8 Å². The summed E-state index contributed by atoms with van der Waals surface area (Å²) in [5.41, 5.74) is 2.85. The molecule has 0 aliphatic carbocycles. The minimum atomic E-state index is 0.550. The van der Waals surface area contributed by atoms with E-state index in [1.165, 1.54) is 24.0 Å². The fourth-order valence-corrected chi connectivity index (χ4v) is 3.59. The number of benzene rings is 2. The molecule has 2 nitrogen and oxygen atoms in total. The molecule has 0 saturated carbocycles. The molecule has 23 heavy (non-hydrogen) atoms. The summed E-state index contributed by atoms with van der Waals surface area (Å²) in [5.74, 6) is 0. The zero-order valence-electron chi connectivity index (χ0n) is 14.1. The van der Waals surface area contributed by atoms with E-state index >= 15 is 0 Å². The number of rotatable bonds is 6. The van der Waals surface area contributed by atoms with E-state index in [0.717, 1.165) is 26.1 Å². The van der Waals surface area contributed by atoms with E-state index in [2.05, 4.69) is 77.8 Å². The summed E-state index contributed by atoms with van der Waals surface area (Å²) in [7, 11) is 0. The van der Waals surface area contributed by atoms with Crippen LogP contribution in [-0.2, 0) is 13.0 Å². The van der Waals surface area contributed by atoms with Crippen LogP contribution >= 0.6 is 0 Å². The van der Waals surface area contributed by atoms with Crippen molar-refractivity contribution in [3.63, 3.8) is 0 Å². The van der Waals surface area contributed by atoms with Crippen LogP contribution in [0.2, 0.25) is 0 Å². The molecule has 1 aliphatic heterocycles. The maximum atomic E-state index is 3.78. The van der Waals surface area contributed by atoms with Gasteiger partial charge in [-0.15, -0.1) is 0 Å². The molecule has 1 N–H and O–H groups in total. The van der Waals surface area contributed by atoms with Crippen LogP contribution in [0.5, 0.6) is 0 Å². The van der Waals surface area contributed by atoms with E-state index in [1.54, 1.807) is 0 Å². The molecule has 0 spiro atoms. The smallest absolute Gasteiger partial charge is 0.0237 e. The molecule has 0 aromatic heterocycles. The van der Waals surface area contributed by atoms with Crippen LogP contribution in [0.3, 0.4) is 0 Å². The SMILES string of the molecule is CCCC1CNC(Cc2ccccc2)CN1Cc1ccccc1. The molecule has 0 amide bonds. The predicted octanol–water partition coefficient (Wildman–Crippen LogP) is 3.87. The number of hydrogen-bond acceptors (Lipinski definition) is 2. The normalized spacial score (nSPS) is 22.1. The molecule has 1 saturated heterocycles. The second-order valence-corrected chi connectivity index (χ2v) is 6.65. The molecular formula is C21H28N2. The van der Waals surface area contributed by atoms with Gasteiger partial charge in [-0.05, 0) is 24.0 Å². The first-order chi connectivity index (χ1) is 11.3. The summed E-state index contributed by atoms with van der Waals surface area (Å²) in [6, 6.07) is 22.9. The largest absolute Gasteiger partial charge is 0.311 e. The van der Waals surface area contributed by atoms with E-state index in [1.807, 2.05) is 0 Å². The van der Waals surface area contributed by atoms with Gasteiger partial charge in [-0.25, -0.2) is 0 Å². The molecule has 3 rings (SSSR count). The number of nitrogens with zero attached hydrogens (tertiary/aromatic N) is 1. The van der Waals surface area contributed by atoms with Gasteiger partial charge in [0.2, 0.25) is 0 Å². The van der Waals surface area contributed by atoms with E-state index in [0.29, 0.717) is 12.1 Å². The Morgan fingerprint density at radius 3 is 2.26 bits per heavy atom. The van der Waals surface area contributed by atoms with Crippen molar-refractivity contribution in [1.29, 1.82) is 0 Å². The summed E-state index contributed by atoms with van der Waals surface area (Å²) in [5, 5.41) is 3.78. The van der Waals surface area contributed by atoms with Gasteiger partial charge in [-0.3, -0.25) is 4.90 Å². The number of nitrogens with one attached hydrogen (secondary N) is 1. The van der Waals surface area contributed by atoms with Gasteiger partial charge in [0, 0.05) is 31.7 Å². The van der Waals surface area contributed by atoms with Crippen LogP contribution in [0.25, 0.3) is 0 Å². The van der Waals surface area contributed by atoms with Crippen LogP contribution in [0.1, 0.15) is 30.9 Å². The van der Waals surface area contributed by atoms with Crippen LogP contribution in [0, 0.1) is 0 Å². The highest BCUT2D eigenvalue weighted by Gasteiger charge is 2.27. The maximum Gasteiger partial charge on any atom is 0.0237 e. The van der Waals surface area contributed by atoms with Gasteiger partial charge in [0.25, 0.3) is 0 Å². The Labute approximate surface area is 140 Å². The molecule has 2 unspecified atom stereocenters. The number of piperazine rings is 1. The lowest BCUT2D eigenvalue weighted by Gasteiger charge is -2.40. The van der Waals surface area contributed by atoms with Crippen molar-refractivity contribution < 1.29 is 0 Å². The van der Waals surface area contributed by atoms with Crippen molar-refractivity contribution in [2.75, 3.05) is 13.1 Å². The molecule has 2 heteroatoms. The fourth-order valence-electron chi connectivity index (χ4n) is 3.59. The Hall–Kier alpha value is -1.64. The minimum absolute atomic E-state index is 0.550. The average molecular weight is 308 g/mol. The average Bonchev–Trinajstić information content (AvgIpc) is 2.59. The first-order valence-electron chi connectivity index (χ1n) is 8.90. The highest BCUT2D eigenvalue weighted by atomic mass is 15.2. The summed E-state index contributed by atoms with van der Waals surface area (Å²) >= 11 is 0. The van der Waals surface area contributed by atoms with Crippen LogP contribution in [-0.4, -0.2) is 30.1 Å². The molecule has 1 fully saturated rings. The summed E-state index contributed by atoms with van der Waals surface area (Å²) in [6.45, 7) is 5.60. The molecule has 2 aromatic carbocycles. The van der Waals surface area contributed by atoms with Crippen LogP contribution < -0.4 is 5.32 Å². The third-order valence-corrected chi connectivity index (χ3v) is 4.79. The van der Waals surface area contributed by atoms with Crippen molar-refractivity contribution in [2.24, 2.45) is 0 Å². The van der Waals surface area contributed by atoms with Gasteiger partial charge in [0.15, 0.2) is 0 Å². The second kappa shape index (κ2) is 8.28. The van der Waals surface area contributed by atoms with Gasteiger partial charge in [-0.1, -0.05) is 74.0 Å². The van der Waals surface area contributed by atoms with Crippen LogP contribution in [0.15, 0.2) is 60.7 Å². The van der Waals surface area contributed by atoms with E-state index in [9.17, 15) is 0 Å². The molecule has 122 valence electrons. The topological polar surface area (TPSA) is 15.3 Å². The molecule has 2 atom stereocenters. The van der Waals surface area contributed by atoms with Crippen molar-refractivity contribution >= 4 is 0 Å². The van der Waals surface area contributed by atoms with Crippen LogP contribution in [0.4, 0.5) is 0 Å². The van der Waals surface area contributed by atoms with Gasteiger partial charge < -0.3 is 5.32 Å². The van der Waals surface area contributed by atoms with Gasteiger partial charge in [0.05, 0.1) is 0 Å². The van der Waals surface area contributed by atoms with Crippen molar-refractivity contribution in [1.82, 2.24) is 10.2 Å². The van der Waals surface area contributed by atoms with Gasteiger partial charge >= 0.3 is 0 Å². The summed E-state index contributed by atoms with van der Waals surface area (Å²) in [6.07, 6.45) is 3.64. The Morgan fingerprint density at radius 1 is 0.957 bits per heavy atom. The first-order valence-corrected chi connectivity index (χ1v) is 8.90. The summed E-state index contributed by atoms with van der Waals surface area (Å²) in [4.78, 5) is 2.68. The van der Waals surface area contributed by atoms with Crippen molar-refractivity contribution in [2.45, 2.75) is 44.8 Å². The Kier molecular flexibility index (Phi) is 5.84. The Morgan fingerprint density at radius 2 is 1.61 bits per heavy atom. The Bertz CT molecular complexity index is 567. The zero-order valence-corrected chi connectivity index (χ0v) is 14.1. The van der Waals surface area contributed by atoms with E-state index in [4.69, 9.17) is 0 Å². The lowest BCUT2D eigenvalue weighted by Crippen LogP contribution is -2.56. The highest BCUT2D eigenvalue weighted by molar-refractivity contribution is 5.17. The third-order valence-electron chi connectivity index (χ3n) is 4.79. The fraction of sp³-hybridized carbons (Fsp3) is 0.429. The highest BCUT2D eigenvalue weighted by Crippen LogP contribution is 2.18. The predicted molar refractivity (Wildman–Crippen MR) is 97.5 cm³/mol. The quantitative estimate of drug-likeness (QED) is 0.871. The number of hydrogen-bond donors (Lipinski definition) is 1. The molecule has 0 bridgehead atoms. The van der Waals surface area contributed by atoms with E-state index in [-0.39, 0.29) is 0 Å². The summed E-state index contributed by atoms with van der Waals surface area (Å²) < 4.78 is 0. The molecular weight excluding hydrogens is 280 g/mol. The van der Waals surface area contributed by atoms with Crippen molar-refractivity contribution in [3.8, 4) is 0 Å². The van der Waals surface area contributed by atoms with Gasteiger partial charge in [-0.2, -0.15) is 0 Å². The second-order valence-electron chi connectivity index (χ2n) is 6.65. The first kappa shape index (κ1) is 16.2. The van der Waals surface area contributed by atoms with Gasteiger partial charge in [0.1, 0.15) is 0 Å². The standard InChI is InChI=1S/C21H28N2/c1-2-9-21-15-22-20(14-18-10-5-3-6-11-18)17-23(21)16-19-12-7-4-8-13-19/h3-8,10-13,20-22H,2,9,14-17H2,1H3. The molecule has 1 aliphatic rings. The lowest BCUT2D eigenvalue weighted by atomic mass is 9.99. The minimum Gasteiger partial charge on any atom is -0.311 e. The zero-order chi connectivity index (χ0) is 15.9. The Balaban J connectivity index is 1.65. The van der Waals surface area contributed by atoms with E-state index < -0.39 is 0 Å². The maximum absolute atomic E-state index is 3.78. The molecule has 0 radical (unpaired) electrons.